The number of thiophene rings is 1. The van der Waals surface area contributed by atoms with E-state index in [1.165, 1.54) is 4.88 Å². The summed E-state index contributed by atoms with van der Waals surface area (Å²) >= 11 is 5.03. The zero-order valence-electron chi connectivity index (χ0n) is 10.1. The van der Waals surface area contributed by atoms with Crippen molar-refractivity contribution in [1.29, 1.82) is 0 Å². The van der Waals surface area contributed by atoms with Crippen LogP contribution in [0.15, 0.2) is 40.9 Å². The molecule has 1 aromatic heterocycles. The Labute approximate surface area is 119 Å². The predicted octanol–water partition coefficient (Wildman–Crippen LogP) is 4.00. The van der Waals surface area contributed by atoms with Crippen LogP contribution in [-0.2, 0) is 13.0 Å². The van der Waals surface area contributed by atoms with Crippen LogP contribution in [0.1, 0.15) is 27.0 Å². The highest BCUT2D eigenvalue weighted by Gasteiger charge is 2.08. The first-order chi connectivity index (χ1) is 8.70. The molecule has 18 heavy (non-hydrogen) atoms. The van der Waals surface area contributed by atoms with Gasteiger partial charge in [-0.2, -0.15) is 0 Å². The molecule has 1 amide bonds. The summed E-state index contributed by atoms with van der Waals surface area (Å²) in [4.78, 5) is 14.0. The van der Waals surface area contributed by atoms with Crippen LogP contribution < -0.4 is 5.32 Å². The molecule has 2 aromatic rings. The number of amides is 1. The SMILES string of the molecule is CCc1ccc(C(=O)NCc2ccccc2Br)s1. The van der Waals surface area contributed by atoms with Crippen molar-refractivity contribution in [3.63, 3.8) is 0 Å². The van der Waals surface area contributed by atoms with Gasteiger partial charge in [0.05, 0.1) is 4.88 Å². The van der Waals surface area contributed by atoms with E-state index in [2.05, 4.69) is 28.2 Å². The van der Waals surface area contributed by atoms with E-state index in [9.17, 15) is 4.79 Å². The lowest BCUT2D eigenvalue weighted by molar-refractivity contribution is 0.0955. The first-order valence-electron chi connectivity index (χ1n) is 5.81. The molecule has 0 saturated carbocycles. The topological polar surface area (TPSA) is 29.1 Å². The van der Waals surface area contributed by atoms with Crippen LogP contribution in [0.2, 0.25) is 0 Å². The molecular weight excluding hydrogens is 310 g/mol. The summed E-state index contributed by atoms with van der Waals surface area (Å²) in [5.41, 5.74) is 1.08. The molecule has 0 saturated heterocycles. The summed E-state index contributed by atoms with van der Waals surface area (Å²) in [6.45, 7) is 2.63. The molecule has 1 aromatic carbocycles. The Kier molecular flexibility index (Phi) is 4.55. The van der Waals surface area contributed by atoms with E-state index in [1.807, 2.05) is 36.4 Å². The molecule has 0 aliphatic heterocycles. The Morgan fingerprint density at radius 2 is 2.06 bits per heavy atom. The lowest BCUT2D eigenvalue weighted by Gasteiger charge is -2.05. The molecule has 0 atom stereocenters. The molecule has 0 unspecified atom stereocenters. The van der Waals surface area contributed by atoms with Gasteiger partial charge >= 0.3 is 0 Å². The Balaban J connectivity index is 1.98. The third kappa shape index (κ3) is 3.21. The highest BCUT2D eigenvalue weighted by molar-refractivity contribution is 9.10. The number of carbonyl (C=O) groups excluding carboxylic acids is 1. The summed E-state index contributed by atoms with van der Waals surface area (Å²) in [6.07, 6.45) is 0.974. The third-order valence-corrected chi connectivity index (χ3v) is 4.63. The van der Waals surface area contributed by atoms with Gasteiger partial charge in [0.1, 0.15) is 0 Å². The number of hydrogen-bond donors (Lipinski definition) is 1. The van der Waals surface area contributed by atoms with E-state index in [0.29, 0.717) is 6.54 Å². The van der Waals surface area contributed by atoms with Gasteiger partial charge < -0.3 is 5.32 Å². The maximum absolute atomic E-state index is 11.9. The number of benzene rings is 1. The van der Waals surface area contributed by atoms with Gasteiger partial charge in [0.25, 0.3) is 5.91 Å². The summed E-state index contributed by atoms with van der Waals surface area (Å²) in [5, 5.41) is 2.93. The Morgan fingerprint density at radius 3 is 2.72 bits per heavy atom. The largest absolute Gasteiger partial charge is 0.347 e. The molecule has 1 heterocycles. The van der Waals surface area contributed by atoms with Crippen molar-refractivity contribution in [3.05, 3.63) is 56.2 Å². The molecule has 0 aliphatic carbocycles. The zero-order chi connectivity index (χ0) is 13.0. The molecule has 0 bridgehead atoms. The van der Waals surface area contributed by atoms with Gasteiger partial charge in [-0.3, -0.25) is 4.79 Å². The first-order valence-corrected chi connectivity index (χ1v) is 7.42. The van der Waals surface area contributed by atoms with Gasteiger partial charge in [0, 0.05) is 15.9 Å². The molecule has 0 fully saturated rings. The van der Waals surface area contributed by atoms with Gasteiger partial charge in [-0.1, -0.05) is 41.1 Å². The fourth-order valence-corrected chi connectivity index (χ4v) is 2.88. The summed E-state index contributed by atoms with van der Waals surface area (Å²) < 4.78 is 1.02. The second-order valence-corrected chi connectivity index (χ2v) is 5.92. The fraction of sp³-hybridized carbons (Fsp3) is 0.214. The van der Waals surface area contributed by atoms with Crippen LogP contribution in [0.5, 0.6) is 0 Å². The van der Waals surface area contributed by atoms with Crippen LogP contribution in [0, 0.1) is 0 Å². The minimum Gasteiger partial charge on any atom is -0.347 e. The third-order valence-electron chi connectivity index (χ3n) is 2.63. The number of halogens is 1. The second-order valence-electron chi connectivity index (χ2n) is 3.89. The first kappa shape index (κ1) is 13.3. The summed E-state index contributed by atoms with van der Waals surface area (Å²) in [5.74, 6) is -0.00421. The van der Waals surface area contributed by atoms with Gasteiger partial charge in [-0.25, -0.2) is 0 Å². The normalized spacial score (nSPS) is 10.3. The highest BCUT2D eigenvalue weighted by Crippen LogP contribution is 2.18. The Hall–Kier alpha value is -1.13. The maximum atomic E-state index is 11.9. The molecule has 2 rings (SSSR count). The van der Waals surface area contributed by atoms with Crippen molar-refractivity contribution < 1.29 is 4.79 Å². The minimum absolute atomic E-state index is 0.00421. The average molecular weight is 324 g/mol. The summed E-state index contributed by atoms with van der Waals surface area (Å²) in [7, 11) is 0. The number of aryl methyl sites for hydroxylation is 1. The van der Waals surface area contributed by atoms with Crippen LogP contribution in [0.4, 0.5) is 0 Å². The fourth-order valence-electron chi connectivity index (χ4n) is 1.59. The zero-order valence-corrected chi connectivity index (χ0v) is 12.5. The van der Waals surface area contributed by atoms with E-state index < -0.39 is 0 Å². The molecular formula is C14H14BrNOS. The molecule has 2 nitrogen and oxygen atoms in total. The number of rotatable bonds is 4. The van der Waals surface area contributed by atoms with E-state index >= 15 is 0 Å². The van der Waals surface area contributed by atoms with Crippen molar-refractivity contribution >= 4 is 33.2 Å². The van der Waals surface area contributed by atoms with Crippen LogP contribution in [0.25, 0.3) is 0 Å². The smallest absolute Gasteiger partial charge is 0.261 e. The predicted molar refractivity (Wildman–Crippen MR) is 79.0 cm³/mol. The van der Waals surface area contributed by atoms with Crippen molar-refractivity contribution in [1.82, 2.24) is 5.32 Å². The van der Waals surface area contributed by atoms with Crippen LogP contribution in [-0.4, -0.2) is 5.91 Å². The molecule has 1 N–H and O–H groups in total. The highest BCUT2D eigenvalue weighted by atomic mass is 79.9. The molecule has 0 radical (unpaired) electrons. The van der Waals surface area contributed by atoms with Gasteiger partial charge in [0.15, 0.2) is 0 Å². The van der Waals surface area contributed by atoms with Gasteiger partial charge in [0.2, 0.25) is 0 Å². The van der Waals surface area contributed by atoms with E-state index in [0.717, 1.165) is 21.3 Å². The Morgan fingerprint density at radius 1 is 1.28 bits per heavy atom. The molecule has 0 spiro atoms. The van der Waals surface area contributed by atoms with Gasteiger partial charge in [-0.05, 0) is 30.2 Å². The monoisotopic (exact) mass is 323 g/mol. The number of hydrogen-bond acceptors (Lipinski definition) is 2. The number of carbonyl (C=O) groups is 1. The average Bonchev–Trinajstić information content (AvgIpc) is 2.86. The number of nitrogens with one attached hydrogen (secondary N) is 1. The lowest BCUT2D eigenvalue weighted by Crippen LogP contribution is -2.21. The molecule has 0 aliphatic rings. The molecule has 4 heteroatoms. The van der Waals surface area contributed by atoms with Crippen molar-refractivity contribution in [2.45, 2.75) is 19.9 Å². The van der Waals surface area contributed by atoms with E-state index in [-0.39, 0.29) is 5.91 Å². The standard InChI is InChI=1S/C14H14BrNOS/c1-2-11-7-8-13(18-11)14(17)16-9-10-5-3-4-6-12(10)15/h3-8H,2,9H2,1H3,(H,16,17). The van der Waals surface area contributed by atoms with E-state index in [4.69, 9.17) is 0 Å². The minimum atomic E-state index is -0.00421. The van der Waals surface area contributed by atoms with Crippen LogP contribution in [0.3, 0.4) is 0 Å². The molecule has 94 valence electrons. The van der Waals surface area contributed by atoms with Crippen molar-refractivity contribution in [2.24, 2.45) is 0 Å². The quantitative estimate of drug-likeness (QED) is 0.905. The summed E-state index contributed by atoms with van der Waals surface area (Å²) in [6, 6.07) is 11.8. The second kappa shape index (κ2) is 6.16. The van der Waals surface area contributed by atoms with Crippen molar-refractivity contribution in [2.75, 3.05) is 0 Å². The maximum Gasteiger partial charge on any atom is 0.261 e. The van der Waals surface area contributed by atoms with Crippen LogP contribution >= 0.6 is 27.3 Å². The van der Waals surface area contributed by atoms with Gasteiger partial charge in [-0.15, -0.1) is 11.3 Å². The Bertz CT molecular complexity index is 550. The lowest BCUT2D eigenvalue weighted by atomic mass is 10.2. The van der Waals surface area contributed by atoms with Crippen molar-refractivity contribution in [3.8, 4) is 0 Å². The van der Waals surface area contributed by atoms with E-state index in [1.54, 1.807) is 11.3 Å².